The number of anilines is 1. The molecule has 0 radical (unpaired) electrons. The SMILES string of the molecule is C[C@H](NC(=O)N1CCN(c2ccccn2)CC1)c1ccc(F)c(Cl)c1. The van der Waals surface area contributed by atoms with Gasteiger partial charge in [0.2, 0.25) is 0 Å². The van der Waals surface area contributed by atoms with Crippen molar-refractivity contribution in [3.63, 3.8) is 0 Å². The first-order chi connectivity index (χ1) is 12.0. The maximum atomic E-state index is 13.3. The van der Waals surface area contributed by atoms with Crippen molar-refractivity contribution in [2.24, 2.45) is 0 Å². The molecule has 1 saturated heterocycles. The van der Waals surface area contributed by atoms with E-state index < -0.39 is 5.82 Å². The van der Waals surface area contributed by atoms with E-state index in [0.29, 0.717) is 13.1 Å². The van der Waals surface area contributed by atoms with Crippen LogP contribution in [0.2, 0.25) is 5.02 Å². The summed E-state index contributed by atoms with van der Waals surface area (Å²) in [5.74, 6) is 0.464. The number of nitrogens with zero attached hydrogens (tertiary/aromatic N) is 3. The molecule has 1 fully saturated rings. The Hall–Kier alpha value is -2.34. The third-order valence-electron chi connectivity index (χ3n) is 4.32. The molecule has 1 aliphatic heterocycles. The fraction of sp³-hybridized carbons (Fsp3) is 0.333. The van der Waals surface area contributed by atoms with Gasteiger partial charge in [-0.1, -0.05) is 23.7 Å². The molecule has 132 valence electrons. The number of piperazine rings is 1. The van der Waals surface area contributed by atoms with E-state index in [2.05, 4.69) is 15.2 Å². The van der Waals surface area contributed by atoms with Crippen LogP contribution in [0.1, 0.15) is 18.5 Å². The molecule has 7 heteroatoms. The van der Waals surface area contributed by atoms with E-state index in [1.54, 1.807) is 23.2 Å². The molecule has 2 aromatic rings. The molecule has 1 aromatic heterocycles. The zero-order valence-corrected chi connectivity index (χ0v) is 14.7. The average Bonchev–Trinajstić information content (AvgIpc) is 2.64. The van der Waals surface area contributed by atoms with Crippen molar-refractivity contribution < 1.29 is 9.18 Å². The number of nitrogens with one attached hydrogen (secondary N) is 1. The first-order valence-corrected chi connectivity index (χ1v) is 8.59. The second-order valence-corrected chi connectivity index (χ2v) is 6.41. The van der Waals surface area contributed by atoms with Crippen LogP contribution in [0.5, 0.6) is 0 Å². The van der Waals surface area contributed by atoms with Gasteiger partial charge in [0, 0.05) is 32.4 Å². The first-order valence-electron chi connectivity index (χ1n) is 8.21. The van der Waals surface area contributed by atoms with Gasteiger partial charge < -0.3 is 15.1 Å². The second-order valence-electron chi connectivity index (χ2n) is 6.01. The van der Waals surface area contributed by atoms with Crippen molar-refractivity contribution in [1.29, 1.82) is 0 Å². The molecule has 3 rings (SSSR count). The zero-order chi connectivity index (χ0) is 17.8. The van der Waals surface area contributed by atoms with Gasteiger partial charge in [-0.3, -0.25) is 0 Å². The number of hydrogen-bond donors (Lipinski definition) is 1. The Bertz CT molecular complexity index is 735. The molecule has 0 spiro atoms. The minimum Gasteiger partial charge on any atom is -0.353 e. The minimum atomic E-state index is -0.463. The number of rotatable bonds is 3. The van der Waals surface area contributed by atoms with Crippen LogP contribution in [0.4, 0.5) is 15.0 Å². The van der Waals surface area contributed by atoms with Crippen LogP contribution in [0.15, 0.2) is 42.6 Å². The highest BCUT2D eigenvalue weighted by molar-refractivity contribution is 6.30. The molecular weight excluding hydrogens is 343 g/mol. The van der Waals surface area contributed by atoms with E-state index in [4.69, 9.17) is 11.6 Å². The van der Waals surface area contributed by atoms with E-state index in [9.17, 15) is 9.18 Å². The van der Waals surface area contributed by atoms with E-state index in [1.807, 2.05) is 25.1 Å². The molecule has 2 heterocycles. The summed E-state index contributed by atoms with van der Waals surface area (Å²) in [7, 11) is 0. The minimum absolute atomic E-state index is 0.0579. The maximum Gasteiger partial charge on any atom is 0.317 e. The average molecular weight is 363 g/mol. The van der Waals surface area contributed by atoms with Crippen molar-refractivity contribution in [2.45, 2.75) is 13.0 Å². The third-order valence-corrected chi connectivity index (χ3v) is 4.61. The number of hydrogen-bond acceptors (Lipinski definition) is 3. The van der Waals surface area contributed by atoms with Crippen molar-refractivity contribution in [2.75, 3.05) is 31.1 Å². The Labute approximate surface area is 151 Å². The maximum absolute atomic E-state index is 13.3. The first kappa shape index (κ1) is 17.5. The number of pyridine rings is 1. The van der Waals surface area contributed by atoms with Crippen molar-refractivity contribution in [3.8, 4) is 0 Å². The fourth-order valence-electron chi connectivity index (χ4n) is 2.82. The Morgan fingerprint density at radius 3 is 2.64 bits per heavy atom. The lowest BCUT2D eigenvalue weighted by Crippen LogP contribution is -2.52. The number of aromatic nitrogens is 1. The van der Waals surface area contributed by atoms with Gasteiger partial charge >= 0.3 is 6.03 Å². The largest absolute Gasteiger partial charge is 0.353 e. The van der Waals surface area contributed by atoms with Gasteiger partial charge in [-0.05, 0) is 36.8 Å². The van der Waals surface area contributed by atoms with Crippen molar-refractivity contribution >= 4 is 23.4 Å². The van der Waals surface area contributed by atoms with Crippen LogP contribution in [-0.4, -0.2) is 42.1 Å². The smallest absolute Gasteiger partial charge is 0.317 e. The highest BCUT2D eigenvalue weighted by Gasteiger charge is 2.23. The lowest BCUT2D eigenvalue weighted by atomic mass is 10.1. The van der Waals surface area contributed by atoms with Gasteiger partial charge in [0.1, 0.15) is 11.6 Å². The van der Waals surface area contributed by atoms with Crippen LogP contribution >= 0.6 is 11.6 Å². The molecule has 1 aromatic carbocycles. The van der Waals surface area contributed by atoms with Crippen molar-refractivity contribution in [3.05, 3.63) is 59.0 Å². The van der Waals surface area contributed by atoms with E-state index in [0.717, 1.165) is 24.5 Å². The number of halogens is 2. The molecule has 1 atom stereocenters. The van der Waals surface area contributed by atoms with Gasteiger partial charge in [-0.2, -0.15) is 0 Å². The highest BCUT2D eigenvalue weighted by atomic mass is 35.5. The van der Waals surface area contributed by atoms with Crippen molar-refractivity contribution in [1.82, 2.24) is 15.2 Å². The number of benzene rings is 1. The van der Waals surface area contributed by atoms with E-state index in [1.165, 1.54) is 6.07 Å². The highest BCUT2D eigenvalue weighted by Crippen LogP contribution is 2.21. The molecule has 1 N–H and O–H groups in total. The standard InChI is InChI=1S/C18H20ClFN4O/c1-13(14-5-6-16(20)15(19)12-14)22-18(25)24-10-8-23(9-11-24)17-4-2-3-7-21-17/h2-7,12-13H,8-11H2,1H3,(H,22,25)/t13-/m0/s1. The van der Waals surface area contributed by atoms with Gasteiger partial charge in [0.15, 0.2) is 0 Å². The van der Waals surface area contributed by atoms with Crippen LogP contribution < -0.4 is 10.2 Å². The third kappa shape index (κ3) is 4.20. The van der Waals surface area contributed by atoms with Crippen LogP contribution in [0.25, 0.3) is 0 Å². The summed E-state index contributed by atoms with van der Waals surface area (Å²) in [6, 6.07) is 9.91. The summed E-state index contributed by atoms with van der Waals surface area (Å²) < 4.78 is 13.3. The van der Waals surface area contributed by atoms with E-state index in [-0.39, 0.29) is 17.1 Å². The molecule has 2 amide bonds. The monoisotopic (exact) mass is 362 g/mol. The van der Waals surface area contributed by atoms with Crippen LogP contribution in [0.3, 0.4) is 0 Å². The predicted molar refractivity (Wildman–Crippen MR) is 96.4 cm³/mol. The Balaban J connectivity index is 1.55. The van der Waals surface area contributed by atoms with Gasteiger partial charge in [-0.15, -0.1) is 0 Å². The molecular formula is C18H20ClFN4O. The molecule has 1 aliphatic rings. The fourth-order valence-corrected chi connectivity index (χ4v) is 3.01. The second kappa shape index (κ2) is 7.70. The summed E-state index contributed by atoms with van der Waals surface area (Å²) in [6.07, 6.45) is 1.77. The van der Waals surface area contributed by atoms with Gasteiger partial charge in [0.05, 0.1) is 11.1 Å². The quantitative estimate of drug-likeness (QED) is 0.909. The number of amides is 2. The van der Waals surface area contributed by atoms with Crippen LogP contribution in [0, 0.1) is 5.82 Å². The molecule has 0 saturated carbocycles. The molecule has 0 bridgehead atoms. The summed E-state index contributed by atoms with van der Waals surface area (Å²) in [6.45, 7) is 4.58. The van der Waals surface area contributed by atoms with Gasteiger partial charge in [0.25, 0.3) is 0 Å². The summed E-state index contributed by atoms with van der Waals surface area (Å²) in [4.78, 5) is 20.7. The molecule has 0 unspecified atom stereocenters. The summed E-state index contributed by atoms with van der Waals surface area (Å²) in [5.41, 5.74) is 0.770. The molecule has 0 aliphatic carbocycles. The number of carbonyl (C=O) groups is 1. The Morgan fingerprint density at radius 1 is 1.24 bits per heavy atom. The Kier molecular flexibility index (Phi) is 5.38. The molecule has 5 nitrogen and oxygen atoms in total. The summed E-state index contributed by atoms with van der Waals surface area (Å²) >= 11 is 5.81. The van der Waals surface area contributed by atoms with Gasteiger partial charge in [-0.25, -0.2) is 14.2 Å². The Morgan fingerprint density at radius 2 is 2.00 bits per heavy atom. The number of urea groups is 1. The number of carbonyl (C=O) groups excluding carboxylic acids is 1. The predicted octanol–water partition coefficient (Wildman–Crippen LogP) is 3.47. The zero-order valence-electron chi connectivity index (χ0n) is 14.0. The summed E-state index contributed by atoms with van der Waals surface area (Å²) in [5, 5.41) is 3.00. The topological polar surface area (TPSA) is 48.5 Å². The molecule has 25 heavy (non-hydrogen) atoms. The van der Waals surface area contributed by atoms with Crippen LogP contribution in [-0.2, 0) is 0 Å². The lowest BCUT2D eigenvalue weighted by Gasteiger charge is -2.35. The van der Waals surface area contributed by atoms with E-state index >= 15 is 0 Å². The normalized spacial score (nSPS) is 15.8. The lowest BCUT2D eigenvalue weighted by molar-refractivity contribution is 0.191.